The zero-order valence-corrected chi connectivity index (χ0v) is 13.0. The van der Waals surface area contributed by atoms with E-state index in [-0.39, 0.29) is 22.0 Å². The van der Waals surface area contributed by atoms with Crippen LogP contribution in [0.1, 0.15) is 0 Å². The maximum Gasteiger partial charge on any atom is 0.342 e. The van der Waals surface area contributed by atoms with Crippen LogP contribution >= 0.6 is 11.6 Å². The average molecular weight is 339 g/mol. The fourth-order valence-corrected chi connectivity index (χ4v) is 4.08. The summed E-state index contributed by atoms with van der Waals surface area (Å²) < 4.78 is 26.2. The molecule has 0 bridgehead atoms. The van der Waals surface area contributed by atoms with Crippen LogP contribution in [0.5, 0.6) is 5.75 Å². The second-order valence-corrected chi connectivity index (χ2v) is 6.93. The molecule has 3 rings (SSSR count). The summed E-state index contributed by atoms with van der Waals surface area (Å²) in [7, 11) is -2.64. The number of fused-ring (bicyclic) bond motifs is 1. The van der Waals surface area contributed by atoms with Crippen molar-refractivity contribution in [1.82, 2.24) is 0 Å². The number of amides is 2. The van der Waals surface area contributed by atoms with Crippen molar-refractivity contribution in [2.24, 2.45) is 0 Å². The molecule has 0 aromatic heterocycles. The number of nitrogens with zero attached hydrogens (tertiary/aromatic N) is 2. The van der Waals surface area contributed by atoms with Crippen molar-refractivity contribution in [2.75, 3.05) is 16.3 Å². The first-order chi connectivity index (χ1) is 10.3. The normalized spacial score (nSPS) is 16.5. The Morgan fingerprint density at radius 2 is 1.86 bits per heavy atom. The topological polar surface area (TPSA) is 77.9 Å². The molecule has 22 heavy (non-hydrogen) atoms. The van der Waals surface area contributed by atoms with Gasteiger partial charge in [-0.1, -0.05) is 17.7 Å². The Kier molecular flexibility index (Phi) is 3.26. The van der Waals surface area contributed by atoms with Crippen LogP contribution in [-0.2, 0) is 10.0 Å². The Morgan fingerprint density at radius 1 is 1.14 bits per heavy atom. The Balaban J connectivity index is 2.26. The highest BCUT2D eigenvalue weighted by molar-refractivity contribution is 7.94. The quantitative estimate of drug-likeness (QED) is 0.867. The summed E-state index contributed by atoms with van der Waals surface area (Å²) in [5.41, 5.74) is 0.284. The van der Waals surface area contributed by atoms with E-state index in [2.05, 4.69) is 0 Å². The van der Waals surface area contributed by atoms with Gasteiger partial charge in [-0.15, -0.1) is 0 Å². The largest absolute Gasteiger partial charge is 0.508 e. The van der Waals surface area contributed by atoms with Gasteiger partial charge in [0, 0.05) is 18.1 Å². The van der Waals surface area contributed by atoms with Gasteiger partial charge >= 0.3 is 6.03 Å². The van der Waals surface area contributed by atoms with E-state index in [4.69, 9.17) is 11.6 Å². The third-order valence-corrected chi connectivity index (χ3v) is 5.31. The first kappa shape index (κ1) is 14.7. The van der Waals surface area contributed by atoms with Gasteiger partial charge in [0.1, 0.15) is 10.6 Å². The van der Waals surface area contributed by atoms with E-state index in [0.717, 1.165) is 4.90 Å². The minimum atomic E-state index is -4.08. The van der Waals surface area contributed by atoms with E-state index in [1.54, 1.807) is 12.1 Å². The number of hydrogen-bond donors (Lipinski definition) is 1. The molecule has 1 N–H and O–H groups in total. The van der Waals surface area contributed by atoms with Crippen LogP contribution in [0.25, 0.3) is 0 Å². The predicted octanol–water partition coefficient (Wildman–Crippen LogP) is 2.81. The van der Waals surface area contributed by atoms with Crippen LogP contribution in [0.2, 0.25) is 5.02 Å². The van der Waals surface area contributed by atoms with Crippen LogP contribution in [0.15, 0.2) is 47.4 Å². The molecule has 0 radical (unpaired) electrons. The number of carbonyl (C=O) groups is 1. The van der Waals surface area contributed by atoms with E-state index < -0.39 is 16.1 Å². The molecule has 1 aliphatic rings. The number of halogens is 1. The summed E-state index contributed by atoms with van der Waals surface area (Å²) in [5, 5.41) is 9.84. The third-order valence-electron chi connectivity index (χ3n) is 3.33. The molecular formula is C14H11ClN2O4S. The SMILES string of the molecule is CN1C(=O)N(c2cccc(Cl)c2)S(=O)(=O)c2ccc(O)cc21. The molecule has 2 aromatic carbocycles. The minimum absolute atomic E-state index is 0.0626. The Morgan fingerprint density at radius 3 is 2.55 bits per heavy atom. The van der Waals surface area contributed by atoms with E-state index in [9.17, 15) is 18.3 Å². The van der Waals surface area contributed by atoms with Crippen molar-refractivity contribution in [3.05, 3.63) is 47.5 Å². The van der Waals surface area contributed by atoms with Gasteiger partial charge in [-0.2, -0.15) is 4.31 Å². The first-order valence-electron chi connectivity index (χ1n) is 6.24. The number of phenolic OH excluding ortho intramolecular Hbond substituents is 1. The molecule has 0 saturated carbocycles. The third kappa shape index (κ3) is 2.10. The molecule has 1 aliphatic heterocycles. The molecule has 0 spiro atoms. The smallest absolute Gasteiger partial charge is 0.342 e. The van der Waals surface area contributed by atoms with Crippen molar-refractivity contribution < 1.29 is 18.3 Å². The summed E-state index contributed by atoms with van der Waals surface area (Å²) in [6.45, 7) is 0. The van der Waals surface area contributed by atoms with Gasteiger partial charge in [0.25, 0.3) is 10.0 Å². The summed E-state index contributed by atoms with van der Waals surface area (Å²) in [6, 6.07) is 9.04. The molecular weight excluding hydrogens is 328 g/mol. The molecule has 0 atom stereocenters. The van der Waals surface area contributed by atoms with Gasteiger partial charge in [0.15, 0.2) is 0 Å². The van der Waals surface area contributed by atoms with Gasteiger partial charge in [-0.05, 0) is 30.3 Å². The molecule has 8 heteroatoms. The second kappa shape index (κ2) is 4.89. The second-order valence-electron chi connectivity index (χ2n) is 4.74. The van der Waals surface area contributed by atoms with Crippen molar-refractivity contribution in [2.45, 2.75) is 4.90 Å². The number of urea groups is 1. The lowest BCUT2D eigenvalue weighted by Gasteiger charge is -2.34. The summed E-state index contributed by atoms with van der Waals surface area (Å²) in [4.78, 5) is 13.6. The Bertz CT molecular complexity index is 882. The molecule has 2 amide bonds. The summed E-state index contributed by atoms with van der Waals surface area (Å²) in [5.74, 6) is -0.121. The van der Waals surface area contributed by atoms with Crippen molar-refractivity contribution in [1.29, 1.82) is 0 Å². The van der Waals surface area contributed by atoms with Crippen LogP contribution < -0.4 is 9.21 Å². The predicted molar refractivity (Wildman–Crippen MR) is 83.0 cm³/mol. The summed E-state index contributed by atoms with van der Waals surface area (Å²) >= 11 is 5.88. The molecule has 114 valence electrons. The highest BCUT2D eigenvalue weighted by Gasteiger charge is 2.41. The zero-order chi connectivity index (χ0) is 16.1. The van der Waals surface area contributed by atoms with Gasteiger partial charge in [0.2, 0.25) is 0 Å². The van der Waals surface area contributed by atoms with Gasteiger partial charge in [-0.3, -0.25) is 4.90 Å². The molecule has 1 heterocycles. The average Bonchev–Trinajstić information content (AvgIpc) is 2.45. The molecule has 0 aliphatic carbocycles. The first-order valence-corrected chi connectivity index (χ1v) is 8.06. The number of rotatable bonds is 1. The maximum atomic E-state index is 12.7. The van der Waals surface area contributed by atoms with Crippen LogP contribution in [0, 0.1) is 0 Å². The van der Waals surface area contributed by atoms with Crippen LogP contribution in [0.3, 0.4) is 0 Å². The van der Waals surface area contributed by atoms with Crippen LogP contribution in [0.4, 0.5) is 16.2 Å². The Labute approximate surface area is 132 Å². The molecule has 0 unspecified atom stereocenters. The van der Waals surface area contributed by atoms with E-state index in [0.29, 0.717) is 9.33 Å². The van der Waals surface area contributed by atoms with Crippen molar-refractivity contribution >= 4 is 39.0 Å². The lowest BCUT2D eigenvalue weighted by Crippen LogP contribution is -2.49. The lowest BCUT2D eigenvalue weighted by atomic mass is 10.2. The van der Waals surface area contributed by atoms with E-state index in [1.165, 1.54) is 37.4 Å². The van der Waals surface area contributed by atoms with E-state index >= 15 is 0 Å². The van der Waals surface area contributed by atoms with Crippen LogP contribution in [-0.4, -0.2) is 26.6 Å². The maximum absolute atomic E-state index is 12.7. The zero-order valence-electron chi connectivity index (χ0n) is 11.4. The molecule has 0 fully saturated rings. The van der Waals surface area contributed by atoms with Gasteiger partial charge < -0.3 is 5.11 Å². The number of phenols is 1. The van der Waals surface area contributed by atoms with E-state index in [1.807, 2.05) is 0 Å². The minimum Gasteiger partial charge on any atom is -0.508 e. The fraction of sp³-hybridized carbons (Fsp3) is 0.0714. The molecule has 6 nitrogen and oxygen atoms in total. The monoisotopic (exact) mass is 338 g/mol. The number of aromatic hydroxyl groups is 1. The number of sulfonamides is 1. The fourth-order valence-electron chi connectivity index (χ4n) is 2.28. The number of carbonyl (C=O) groups excluding carboxylic acids is 1. The highest BCUT2D eigenvalue weighted by atomic mass is 35.5. The highest BCUT2D eigenvalue weighted by Crippen LogP contribution is 2.38. The summed E-state index contributed by atoms with van der Waals surface area (Å²) in [6.07, 6.45) is 0. The molecule has 2 aromatic rings. The van der Waals surface area contributed by atoms with Gasteiger partial charge in [-0.25, -0.2) is 13.2 Å². The van der Waals surface area contributed by atoms with Crippen molar-refractivity contribution in [3.63, 3.8) is 0 Å². The number of anilines is 2. The lowest BCUT2D eigenvalue weighted by molar-refractivity contribution is 0.255. The standard InChI is InChI=1S/C14H11ClN2O4S/c1-16-12-8-11(18)5-6-13(12)22(20,21)17(14(16)19)10-4-2-3-9(15)7-10/h2-8,18H,1H3. The Hall–Kier alpha value is -2.25. The molecule has 0 saturated heterocycles. The number of hydrogen-bond acceptors (Lipinski definition) is 4. The van der Waals surface area contributed by atoms with Crippen molar-refractivity contribution in [3.8, 4) is 5.75 Å². The number of benzene rings is 2. The van der Waals surface area contributed by atoms with Gasteiger partial charge in [0.05, 0.1) is 11.4 Å².